The van der Waals surface area contributed by atoms with Gasteiger partial charge in [-0.2, -0.15) is 0 Å². The molecule has 0 saturated heterocycles. The van der Waals surface area contributed by atoms with Gasteiger partial charge in [0.1, 0.15) is 43.2 Å². The summed E-state index contributed by atoms with van der Waals surface area (Å²) in [6.07, 6.45) is 27.8. The van der Waals surface area contributed by atoms with Gasteiger partial charge < -0.3 is 44.6 Å². The van der Waals surface area contributed by atoms with E-state index in [-0.39, 0.29) is 12.8 Å². The number of hydrogen-bond donors (Lipinski definition) is 7. The van der Waals surface area contributed by atoms with E-state index in [9.17, 15) is 53.8 Å². The summed E-state index contributed by atoms with van der Waals surface area (Å²) in [6, 6.07) is 0. The molecule has 0 aromatic heterocycles. The molecule has 1 aliphatic rings. The van der Waals surface area contributed by atoms with Crippen molar-refractivity contribution in [1.82, 2.24) is 0 Å². The number of aliphatic hydroxyl groups is 4. The second kappa shape index (κ2) is 37.9. The van der Waals surface area contributed by atoms with Gasteiger partial charge in [0.2, 0.25) is 0 Å². The SMILES string of the molecule is CCCCCC=CCC=CCC=CCC=CCCCCCC(=O)OC[C@H](COP(=O)(O)O[C@H]1C(O)C(O)C(O)[C@@H](OP(=O)(O)O)C1O)OC(=O)CCCCCCCCCCCCCCC. The molecule has 0 amide bonds. The number of carbonyl (C=O) groups excluding carboxylic acids is 2. The Morgan fingerprint density at radius 1 is 0.492 bits per heavy atom. The second-order valence-electron chi connectivity index (χ2n) is 16.8. The van der Waals surface area contributed by atoms with Gasteiger partial charge in [0, 0.05) is 12.8 Å². The first kappa shape index (κ1) is 61.0. The van der Waals surface area contributed by atoms with E-state index in [1.807, 2.05) is 0 Å². The van der Waals surface area contributed by atoms with Crippen LogP contribution in [0.5, 0.6) is 0 Å². The minimum atomic E-state index is -5.37. The van der Waals surface area contributed by atoms with E-state index in [0.717, 1.165) is 70.6 Å². The highest BCUT2D eigenvalue weighted by atomic mass is 31.2. The van der Waals surface area contributed by atoms with E-state index < -0.39 is 83.5 Å². The summed E-state index contributed by atoms with van der Waals surface area (Å²) in [5.74, 6) is -1.24. The van der Waals surface area contributed by atoms with Crippen molar-refractivity contribution in [1.29, 1.82) is 0 Å². The quantitative estimate of drug-likeness (QED) is 0.0131. The standard InChI is InChI=1S/C47H84O16P2/c1-3-5-7-9-11-13-15-17-18-19-20-21-22-24-25-27-29-31-33-35-40(48)59-37-39(61-41(49)36-34-32-30-28-26-23-16-14-12-10-8-6-4-2)38-60-65(57,58)63-47-44(52)42(50)43(51)46(45(47)53)62-64(54,55)56/h11,13,17-18,20-21,24-25,39,42-47,50-53H,3-10,12,14-16,19,22-23,26-38H2,1-2H3,(H,57,58)(H2,54,55,56)/t39-,42?,43?,44?,45?,46-,47+/m1/s1. The molecule has 378 valence electrons. The topological polar surface area (TPSA) is 256 Å². The van der Waals surface area contributed by atoms with Crippen LogP contribution < -0.4 is 0 Å². The number of unbranched alkanes of at least 4 members (excludes halogenated alkanes) is 18. The Kier molecular flexibility index (Phi) is 35.5. The normalized spacial score (nSPS) is 22.0. The molecule has 1 fully saturated rings. The summed E-state index contributed by atoms with van der Waals surface area (Å²) in [5.41, 5.74) is 0. The van der Waals surface area contributed by atoms with Crippen LogP contribution in [0.1, 0.15) is 181 Å². The van der Waals surface area contributed by atoms with Gasteiger partial charge >= 0.3 is 27.6 Å². The number of allylic oxidation sites excluding steroid dienone is 8. The Morgan fingerprint density at radius 3 is 1.38 bits per heavy atom. The lowest BCUT2D eigenvalue weighted by Crippen LogP contribution is -2.64. The molecule has 18 heteroatoms. The smallest absolute Gasteiger partial charge is 0.462 e. The number of esters is 2. The van der Waals surface area contributed by atoms with Crippen molar-refractivity contribution in [2.75, 3.05) is 13.2 Å². The highest BCUT2D eigenvalue weighted by molar-refractivity contribution is 7.47. The molecule has 0 bridgehead atoms. The summed E-state index contributed by atoms with van der Waals surface area (Å²) in [6.45, 7) is 3.05. The first-order valence-electron chi connectivity index (χ1n) is 24.2. The van der Waals surface area contributed by atoms with Crippen LogP contribution in [0.15, 0.2) is 48.6 Å². The number of phosphoric acid groups is 2. The lowest BCUT2D eigenvalue weighted by Gasteiger charge is -2.43. The fourth-order valence-electron chi connectivity index (χ4n) is 7.13. The Bertz CT molecular complexity index is 1450. The van der Waals surface area contributed by atoms with Gasteiger partial charge in [0.15, 0.2) is 6.10 Å². The highest BCUT2D eigenvalue weighted by Crippen LogP contribution is 2.49. The minimum Gasteiger partial charge on any atom is -0.462 e. The first-order valence-corrected chi connectivity index (χ1v) is 27.2. The average molecular weight is 967 g/mol. The zero-order valence-electron chi connectivity index (χ0n) is 39.2. The van der Waals surface area contributed by atoms with Crippen LogP contribution in [0.25, 0.3) is 0 Å². The van der Waals surface area contributed by atoms with E-state index in [2.05, 4.69) is 67.0 Å². The highest BCUT2D eigenvalue weighted by Gasteiger charge is 2.54. The van der Waals surface area contributed by atoms with Crippen LogP contribution in [0.2, 0.25) is 0 Å². The van der Waals surface area contributed by atoms with Gasteiger partial charge in [0.25, 0.3) is 0 Å². The molecule has 0 aromatic carbocycles. The van der Waals surface area contributed by atoms with E-state index in [1.165, 1.54) is 70.6 Å². The molecule has 0 spiro atoms. The third kappa shape index (κ3) is 32.4. The Labute approximate surface area is 388 Å². The van der Waals surface area contributed by atoms with Crippen molar-refractivity contribution in [3.05, 3.63) is 48.6 Å². The molecule has 1 rings (SSSR count). The van der Waals surface area contributed by atoms with Crippen LogP contribution in [0, 0.1) is 0 Å². The summed E-state index contributed by atoms with van der Waals surface area (Å²) < 4.78 is 49.3. The van der Waals surface area contributed by atoms with E-state index in [0.29, 0.717) is 12.8 Å². The number of carbonyl (C=O) groups is 2. The predicted octanol–water partition coefficient (Wildman–Crippen LogP) is 9.29. The van der Waals surface area contributed by atoms with E-state index in [4.69, 9.17) is 18.5 Å². The predicted molar refractivity (Wildman–Crippen MR) is 250 cm³/mol. The molecule has 1 saturated carbocycles. The fourth-order valence-corrected chi connectivity index (χ4v) is 8.67. The second-order valence-corrected chi connectivity index (χ2v) is 19.4. The third-order valence-electron chi connectivity index (χ3n) is 10.9. The van der Waals surface area contributed by atoms with Crippen LogP contribution in [-0.4, -0.2) is 103 Å². The average Bonchev–Trinajstić information content (AvgIpc) is 3.26. The molecule has 0 aliphatic heterocycles. The Balaban J connectivity index is 2.59. The molecule has 0 aromatic rings. The van der Waals surface area contributed by atoms with Gasteiger partial charge in [-0.25, -0.2) is 9.13 Å². The molecule has 0 heterocycles. The van der Waals surface area contributed by atoms with Crippen molar-refractivity contribution in [2.24, 2.45) is 0 Å². The van der Waals surface area contributed by atoms with Crippen LogP contribution in [0.4, 0.5) is 0 Å². The molecule has 0 radical (unpaired) electrons. The maximum absolute atomic E-state index is 13.0. The number of hydrogen-bond acceptors (Lipinski definition) is 13. The van der Waals surface area contributed by atoms with Gasteiger partial charge in [-0.1, -0.05) is 159 Å². The number of phosphoric ester groups is 2. The number of rotatable bonds is 40. The van der Waals surface area contributed by atoms with Crippen LogP contribution in [-0.2, 0) is 41.8 Å². The summed E-state index contributed by atoms with van der Waals surface area (Å²) in [7, 11) is -10.7. The largest absolute Gasteiger partial charge is 0.472 e. The fraction of sp³-hybridized carbons (Fsp3) is 0.787. The molecule has 65 heavy (non-hydrogen) atoms. The van der Waals surface area contributed by atoms with Crippen LogP contribution in [0.3, 0.4) is 0 Å². The van der Waals surface area contributed by atoms with E-state index in [1.54, 1.807) is 0 Å². The Morgan fingerprint density at radius 2 is 0.892 bits per heavy atom. The van der Waals surface area contributed by atoms with Crippen molar-refractivity contribution in [2.45, 2.75) is 224 Å². The zero-order chi connectivity index (χ0) is 48.2. The molecule has 8 atom stereocenters. The number of ether oxygens (including phenoxy) is 2. The van der Waals surface area contributed by atoms with Crippen molar-refractivity contribution < 1.29 is 76.9 Å². The van der Waals surface area contributed by atoms with Gasteiger partial charge in [-0.05, 0) is 57.8 Å². The summed E-state index contributed by atoms with van der Waals surface area (Å²) >= 11 is 0. The summed E-state index contributed by atoms with van der Waals surface area (Å²) in [4.78, 5) is 54.3. The minimum absolute atomic E-state index is 0.0383. The zero-order valence-corrected chi connectivity index (χ0v) is 40.9. The van der Waals surface area contributed by atoms with Crippen LogP contribution >= 0.6 is 15.6 Å². The molecule has 7 N–H and O–H groups in total. The lowest BCUT2D eigenvalue weighted by atomic mass is 9.85. The maximum atomic E-state index is 13.0. The Hall–Kier alpha value is -2.04. The monoisotopic (exact) mass is 967 g/mol. The number of aliphatic hydroxyl groups excluding tert-OH is 4. The van der Waals surface area contributed by atoms with E-state index >= 15 is 0 Å². The van der Waals surface area contributed by atoms with Gasteiger partial charge in [-0.15, -0.1) is 0 Å². The van der Waals surface area contributed by atoms with Crippen molar-refractivity contribution in [3.8, 4) is 0 Å². The third-order valence-corrected chi connectivity index (χ3v) is 12.4. The molecule has 1 aliphatic carbocycles. The molecule has 5 unspecified atom stereocenters. The molecule has 16 nitrogen and oxygen atoms in total. The van der Waals surface area contributed by atoms with Gasteiger partial charge in [-0.3, -0.25) is 23.2 Å². The molecular weight excluding hydrogens is 882 g/mol. The van der Waals surface area contributed by atoms with Gasteiger partial charge in [0.05, 0.1) is 6.61 Å². The van der Waals surface area contributed by atoms with Crippen molar-refractivity contribution >= 4 is 27.6 Å². The first-order chi connectivity index (χ1) is 31.1. The maximum Gasteiger partial charge on any atom is 0.472 e. The van der Waals surface area contributed by atoms with Crippen molar-refractivity contribution in [3.63, 3.8) is 0 Å². The lowest BCUT2D eigenvalue weighted by molar-refractivity contribution is -0.216. The summed E-state index contributed by atoms with van der Waals surface area (Å²) in [5, 5.41) is 41.2. The molecular formula is C47H84O16P2.